The maximum atomic E-state index is 5.87. The summed E-state index contributed by atoms with van der Waals surface area (Å²) in [7, 11) is 1.90. The molecule has 0 bridgehead atoms. The number of hydrogen-bond acceptors (Lipinski definition) is 3. The van der Waals surface area contributed by atoms with Crippen molar-refractivity contribution < 1.29 is 4.74 Å². The van der Waals surface area contributed by atoms with Crippen LogP contribution in [0.2, 0.25) is 0 Å². The van der Waals surface area contributed by atoms with Crippen molar-refractivity contribution in [3.8, 4) is 11.5 Å². The Morgan fingerprint density at radius 1 is 1.24 bits per heavy atom. The van der Waals surface area contributed by atoms with Crippen LogP contribution in [0.3, 0.4) is 0 Å². The lowest BCUT2D eigenvalue weighted by Crippen LogP contribution is -2.06. The first-order valence-electron chi connectivity index (χ1n) is 5.31. The number of ether oxygens (including phenoxy) is 1. The van der Waals surface area contributed by atoms with Crippen LogP contribution in [0.1, 0.15) is 5.56 Å². The Balaban J connectivity index is 2.27. The lowest BCUT2D eigenvalue weighted by molar-refractivity contribution is 0.470. The summed E-state index contributed by atoms with van der Waals surface area (Å²) in [5.41, 5.74) is 1.03. The first-order valence-corrected chi connectivity index (χ1v) is 6.10. The fourth-order valence-corrected chi connectivity index (χ4v) is 1.85. The summed E-state index contributed by atoms with van der Waals surface area (Å²) in [6, 6.07) is 9.64. The molecule has 0 spiro atoms. The zero-order chi connectivity index (χ0) is 12.1. The molecule has 0 amide bonds. The van der Waals surface area contributed by atoms with E-state index in [1.165, 1.54) is 0 Å². The number of para-hydroxylation sites is 1. The predicted molar refractivity (Wildman–Crippen MR) is 71.2 cm³/mol. The van der Waals surface area contributed by atoms with E-state index in [1.807, 2.05) is 43.6 Å². The van der Waals surface area contributed by atoms with Gasteiger partial charge in [-0.2, -0.15) is 0 Å². The zero-order valence-corrected chi connectivity index (χ0v) is 11.1. The van der Waals surface area contributed by atoms with E-state index in [9.17, 15) is 0 Å². The van der Waals surface area contributed by atoms with Gasteiger partial charge in [0, 0.05) is 24.5 Å². The second-order valence-corrected chi connectivity index (χ2v) is 4.40. The van der Waals surface area contributed by atoms with E-state index < -0.39 is 0 Å². The van der Waals surface area contributed by atoms with Crippen molar-refractivity contribution in [2.45, 2.75) is 6.54 Å². The Kier molecular flexibility index (Phi) is 4.12. The highest BCUT2D eigenvalue weighted by Gasteiger charge is 2.06. The fraction of sp³-hybridized carbons (Fsp3) is 0.154. The van der Waals surface area contributed by atoms with Crippen LogP contribution in [0.5, 0.6) is 11.5 Å². The van der Waals surface area contributed by atoms with Gasteiger partial charge in [-0.05, 0) is 41.2 Å². The smallest absolute Gasteiger partial charge is 0.141 e. The van der Waals surface area contributed by atoms with Crippen LogP contribution in [0.15, 0.2) is 47.2 Å². The first kappa shape index (κ1) is 12.1. The van der Waals surface area contributed by atoms with E-state index in [0.717, 1.165) is 28.1 Å². The molecule has 88 valence electrons. The third kappa shape index (κ3) is 3.05. The number of nitrogens with zero attached hydrogens (tertiary/aromatic N) is 1. The van der Waals surface area contributed by atoms with Crippen LogP contribution in [0.4, 0.5) is 0 Å². The molecule has 0 saturated heterocycles. The molecule has 0 fully saturated rings. The highest BCUT2D eigenvalue weighted by molar-refractivity contribution is 9.10. The maximum absolute atomic E-state index is 5.87. The van der Waals surface area contributed by atoms with E-state index in [4.69, 9.17) is 4.74 Å². The van der Waals surface area contributed by atoms with Gasteiger partial charge in [0.2, 0.25) is 0 Å². The molecule has 0 aliphatic heterocycles. The predicted octanol–water partition coefficient (Wildman–Crippen LogP) is 3.36. The van der Waals surface area contributed by atoms with Gasteiger partial charge in [-0.3, -0.25) is 4.98 Å². The zero-order valence-electron chi connectivity index (χ0n) is 9.48. The van der Waals surface area contributed by atoms with Crippen molar-refractivity contribution in [3.05, 3.63) is 52.8 Å². The van der Waals surface area contributed by atoms with Gasteiger partial charge in [0.25, 0.3) is 0 Å². The molecule has 1 aromatic heterocycles. The van der Waals surface area contributed by atoms with E-state index in [0.29, 0.717) is 0 Å². The summed E-state index contributed by atoms with van der Waals surface area (Å²) in [5.74, 6) is 1.62. The Morgan fingerprint density at radius 3 is 2.82 bits per heavy atom. The molecule has 3 nitrogen and oxygen atoms in total. The number of aromatic nitrogens is 1. The lowest BCUT2D eigenvalue weighted by atomic mass is 10.2. The minimum absolute atomic E-state index is 0.730. The molecule has 0 radical (unpaired) electrons. The van der Waals surface area contributed by atoms with Crippen LogP contribution >= 0.6 is 15.9 Å². The average Bonchev–Trinajstić information content (AvgIpc) is 2.35. The number of hydrogen-bond donors (Lipinski definition) is 1. The van der Waals surface area contributed by atoms with Crippen molar-refractivity contribution in [3.63, 3.8) is 0 Å². The molecule has 17 heavy (non-hydrogen) atoms. The monoisotopic (exact) mass is 292 g/mol. The van der Waals surface area contributed by atoms with Crippen LogP contribution in [-0.2, 0) is 6.54 Å². The SMILES string of the molecule is CNCc1cnccc1Oc1ccccc1Br. The molecule has 1 N–H and O–H groups in total. The molecular formula is C13H13BrN2O. The van der Waals surface area contributed by atoms with Gasteiger partial charge in [0.05, 0.1) is 4.47 Å². The molecule has 0 saturated carbocycles. The highest BCUT2D eigenvalue weighted by atomic mass is 79.9. The van der Waals surface area contributed by atoms with Crippen LogP contribution in [-0.4, -0.2) is 12.0 Å². The Morgan fingerprint density at radius 2 is 2.06 bits per heavy atom. The standard InChI is InChI=1S/C13H13BrN2O/c1-15-8-10-9-16-7-6-12(10)17-13-5-3-2-4-11(13)14/h2-7,9,15H,8H2,1H3. The molecule has 2 aromatic rings. The van der Waals surface area contributed by atoms with Crippen LogP contribution in [0, 0.1) is 0 Å². The Labute approximate surface area is 109 Å². The molecule has 0 aliphatic rings. The Hall–Kier alpha value is -1.39. The van der Waals surface area contributed by atoms with Gasteiger partial charge in [0.1, 0.15) is 11.5 Å². The van der Waals surface area contributed by atoms with Crippen molar-refractivity contribution >= 4 is 15.9 Å². The third-order valence-corrected chi connectivity index (χ3v) is 2.94. The van der Waals surface area contributed by atoms with Crippen molar-refractivity contribution in [1.82, 2.24) is 10.3 Å². The summed E-state index contributed by atoms with van der Waals surface area (Å²) in [4.78, 5) is 4.10. The van der Waals surface area contributed by atoms with Crippen LogP contribution < -0.4 is 10.1 Å². The normalized spacial score (nSPS) is 10.2. The average molecular weight is 293 g/mol. The van der Waals surface area contributed by atoms with Gasteiger partial charge < -0.3 is 10.1 Å². The van der Waals surface area contributed by atoms with Gasteiger partial charge in [-0.15, -0.1) is 0 Å². The number of halogens is 1. The van der Waals surface area contributed by atoms with Gasteiger partial charge >= 0.3 is 0 Å². The fourth-order valence-electron chi connectivity index (χ4n) is 1.48. The van der Waals surface area contributed by atoms with E-state index in [1.54, 1.807) is 6.20 Å². The largest absolute Gasteiger partial charge is 0.456 e. The molecule has 0 aliphatic carbocycles. The van der Waals surface area contributed by atoms with Crippen molar-refractivity contribution in [2.75, 3.05) is 7.05 Å². The molecule has 1 heterocycles. The molecule has 0 unspecified atom stereocenters. The summed E-state index contributed by atoms with van der Waals surface area (Å²) >= 11 is 3.46. The number of rotatable bonds is 4. The number of pyridine rings is 1. The first-order chi connectivity index (χ1) is 8.31. The quantitative estimate of drug-likeness (QED) is 0.938. The topological polar surface area (TPSA) is 34.2 Å². The maximum Gasteiger partial charge on any atom is 0.141 e. The molecule has 1 aromatic carbocycles. The van der Waals surface area contributed by atoms with Gasteiger partial charge in [-0.25, -0.2) is 0 Å². The number of nitrogens with one attached hydrogen (secondary N) is 1. The van der Waals surface area contributed by atoms with Gasteiger partial charge in [0.15, 0.2) is 0 Å². The minimum Gasteiger partial charge on any atom is -0.456 e. The van der Waals surface area contributed by atoms with E-state index in [-0.39, 0.29) is 0 Å². The van der Waals surface area contributed by atoms with Gasteiger partial charge in [-0.1, -0.05) is 12.1 Å². The van der Waals surface area contributed by atoms with E-state index in [2.05, 4.69) is 26.2 Å². The van der Waals surface area contributed by atoms with E-state index >= 15 is 0 Å². The Bertz CT molecular complexity index is 502. The summed E-state index contributed by atoms with van der Waals surface area (Å²) in [6.07, 6.45) is 3.54. The lowest BCUT2D eigenvalue weighted by Gasteiger charge is -2.11. The number of benzene rings is 1. The molecular weight excluding hydrogens is 280 g/mol. The summed E-state index contributed by atoms with van der Waals surface area (Å²) < 4.78 is 6.80. The summed E-state index contributed by atoms with van der Waals surface area (Å²) in [6.45, 7) is 0.730. The molecule has 2 rings (SSSR count). The van der Waals surface area contributed by atoms with Crippen LogP contribution in [0.25, 0.3) is 0 Å². The highest BCUT2D eigenvalue weighted by Crippen LogP contribution is 2.30. The van der Waals surface area contributed by atoms with Crippen molar-refractivity contribution in [2.24, 2.45) is 0 Å². The third-order valence-electron chi connectivity index (χ3n) is 2.28. The summed E-state index contributed by atoms with van der Waals surface area (Å²) in [5, 5.41) is 3.09. The molecule has 0 atom stereocenters. The minimum atomic E-state index is 0.730. The second kappa shape index (κ2) is 5.80. The molecule has 4 heteroatoms. The van der Waals surface area contributed by atoms with Crippen molar-refractivity contribution in [1.29, 1.82) is 0 Å². The second-order valence-electron chi connectivity index (χ2n) is 3.55.